The van der Waals surface area contributed by atoms with Gasteiger partial charge < -0.3 is 14.8 Å². The molecule has 1 aliphatic heterocycles. The first-order valence-corrected chi connectivity index (χ1v) is 10.8. The Hall–Kier alpha value is -2.28. The van der Waals surface area contributed by atoms with Gasteiger partial charge in [-0.1, -0.05) is 25.1 Å². The summed E-state index contributed by atoms with van der Waals surface area (Å²) in [6.07, 6.45) is 3.74. The van der Waals surface area contributed by atoms with Crippen LogP contribution in [0.25, 0.3) is 0 Å². The monoisotopic (exact) mass is 400 g/mol. The minimum atomic E-state index is -0.0599. The van der Waals surface area contributed by atoms with Crippen molar-refractivity contribution in [1.82, 2.24) is 9.55 Å². The summed E-state index contributed by atoms with van der Waals surface area (Å²) in [6, 6.07) is 7.46. The maximum absolute atomic E-state index is 12.4. The Balaban J connectivity index is 1.56. The molecular weight excluding hydrogens is 372 g/mol. The zero-order chi connectivity index (χ0) is 20.1. The average molecular weight is 401 g/mol. The van der Waals surface area contributed by atoms with Crippen LogP contribution in [0.2, 0.25) is 0 Å². The molecule has 0 aliphatic carbocycles. The minimum absolute atomic E-state index is 0.0599. The van der Waals surface area contributed by atoms with Crippen molar-refractivity contribution in [3.05, 3.63) is 35.7 Å². The van der Waals surface area contributed by atoms with Gasteiger partial charge in [-0.15, -0.1) is 0 Å². The van der Waals surface area contributed by atoms with Crippen molar-refractivity contribution < 1.29 is 9.59 Å². The number of nitrogens with zero attached hydrogens (tertiary/aromatic N) is 3. The number of anilines is 2. The van der Waals surface area contributed by atoms with Crippen LogP contribution in [-0.2, 0) is 16.1 Å². The summed E-state index contributed by atoms with van der Waals surface area (Å²) < 4.78 is 2.21. The summed E-state index contributed by atoms with van der Waals surface area (Å²) in [5.41, 5.74) is 3.82. The van der Waals surface area contributed by atoms with E-state index >= 15 is 0 Å². The number of unbranched alkanes of at least 4 members (excludes halogenated alkanes) is 1. The molecule has 1 aromatic heterocycles. The molecule has 2 heterocycles. The number of amides is 2. The minimum Gasteiger partial charge on any atom is -0.325 e. The molecule has 1 aliphatic rings. The van der Waals surface area contributed by atoms with E-state index in [1.807, 2.05) is 31.2 Å². The molecule has 0 spiro atoms. The lowest BCUT2D eigenvalue weighted by atomic mass is 10.2. The zero-order valence-electron chi connectivity index (χ0n) is 16.8. The van der Waals surface area contributed by atoms with E-state index < -0.39 is 0 Å². The van der Waals surface area contributed by atoms with Crippen molar-refractivity contribution in [2.45, 2.75) is 58.2 Å². The van der Waals surface area contributed by atoms with E-state index in [1.54, 1.807) is 4.90 Å². The number of carbonyl (C=O) groups is 2. The van der Waals surface area contributed by atoms with Crippen LogP contribution in [0.15, 0.2) is 29.4 Å². The van der Waals surface area contributed by atoms with Crippen LogP contribution in [0.5, 0.6) is 0 Å². The lowest BCUT2D eigenvalue weighted by molar-refractivity contribution is -0.117. The van der Waals surface area contributed by atoms with Crippen LogP contribution in [0, 0.1) is 13.8 Å². The maximum atomic E-state index is 12.4. The number of carbonyl (C=O) groups excluding carboxylic acids is 2. The molecule has 0 bridgehead atoms. The number of aromatic nitrogens is 2. The molecule has 0 unspecified atom stereocenters. The Kier molecular flexibility index (Phi) is 6.78. The number of aryl methyl sites for hydroxylation is 1. The van der Waals surface area contributed by atoms with Gasteiger partial charge in [0.15, 0.2) is 5.16 Å². The third-order valence-corrected chi connectivity index (χ3v) is 6.00. The molecule has 2 aromatic rings. The second-order valence-corrected chi connectivity index (χ2v) is 8.05. The smallest absolute Gasteiger partial charge is 0.234 e. The highest BCUT2D eigenvalue weighted by Gasteiger charge is 2.21. The lowest BCUT2D eigenvalue weighted by Crippen LogP contribution is -2.23. The van der Waals surface area contributed by atoms with Crippen molar-refractivity contribution in [2.24, 2.45) is 0 Å². The molecule has 1 aromatic carbocycles. The molecule has 7 heteroatoms. The van der Waals surface area contributed by atoms with Gasteiger partial charge in [0, 0.05) is 36.6 Å². The quantitative estimate of drug-likeness (QED) is 0.676. The van der Waals surface area contributed by atoms with E-state index in [4.69, 9.17) is 0 Å². The van der Waals surface area contributed by atoms with E-state index in [-0.39, 0.29) is 11.8 Å². The molecule has 1 N–H and O–H groups in total. The molecule has 0 saturated carbocycles. The van der Waals surface area contributed by atoms with Gasteiger partial charge in [-0.25, -0.2) is 4.98 Å². The summed E-state index contributed by atoms with van der Waals surface area (Å²) in [5.74, 6) is 0.418. The van der Waals surface area contributed by atoms with Crippen LogP contribution in [-0.4, -0.2) is 33.7 Å². The van der Waals surface area contributed by atoms with Crippen molar-refractivity contribution in [3.63, 3.8) is 0 Å². The van der Waals surface area contributed by atoms with Crippen molar-refractivity contribution in [1.29, 1.82) is 0 Å². The summed E-state index contributed by atoms with van der Waals surface area (Å²) in [4.78, 5) is 30.6. The molecule has 1 saturated heterocycles. The standard InChI is InChI=1S/C21H28N4O2S/c1-4-5-12-24-16(3)15(2)22-21(24)28-14-19(26)23-17-8-10-18(11-9-17)25-13-6-7-20(25)27/h8-11H,4-7,12-14H2,1-3H3,(H,23,26). The largest absolute Gasteiger partial charge is 0.325 e. The highest BCUT2D eigenvalue weighted by atomic mass is 32.2. The summed E-state index contributed by atoms with van der Waals surface area (Å²) in [5, 5.41) is 3.83. The number of rotatable bonds is 8. The molecule has 0 atom stereocenters. The maximum Gasteiger partial charge on any atom is 0.234 e. The van der Waals surface area contributed by atoms with Crippen molar-refractivity contribution in [2.75, 3.05) is 22.5 Å². The molecule has 2 amide bonds. The Morgan fingerprint density at radius 3 is 2.64 bits per heavy atom. The van der Waals surface area contributed by atoms with Crippen LogP contribution in [0.4, 0.5) is 11.4 Å². The second kappa shape index (κ2) is 9.28. The molecule has 6 nitrogen and oxygen atoms in total. The van der Waals surface area contributed by atoms with Crippen molar-refractivity contribution in [3.8, 4) is 0 Å². The van der Waals surface area contributed by atoms with Gasteiger partial charge in [-0.3, -0.25) is 9.59 Å². The van der Waals surface area contributed by atoms with Gasteiger partial charge in [0.2, 0.25) is 11.8 Å². The van der Waals surface area contributed by atoms with E-state index in [1.165, 1.54) is 17.5 Å². The fraction of sp³-hybridized carbons (Fsp3) is 0.476. The molecule has 1 fully saturated rings. The molecule has 0 radical (unpaired) electrons. The first-order valence-electron chi connectivity index (χ1n) is 9.86. The van der Waals surface area contributed by atoms with Crippen LogP contribution >= 0.6 is 11.8 Å². The van der Waals surface area contributed by atoms with Gasteiger partial charge >= 0.3 is 0 Å². The van der Waals surface area contributed by atoms with E-state index in [0.29, 0.717) is 12.2 Å². The van der Waals surface area contributed by atoms with Gasteiger partial charge in [0.05, 0.1) is 11.4 Å². The molecule has 150 valence electrons. The third kappa shape index (κ3) is 4.76. The van der Waals surface area contributed by atoms with E-state index in [2.05, 4.69) is 28.7 Å². The Morgan fingerprint density at radius 2 is 2.00 bits per heavy atom. The predicted octanol–water partition coefficient (Wildman–Crippen LogP) is 4.16. The molecular formula is C21H28N4O2S. The van der Waals surface area contributed by atoms with Gasteiger partial charge in [-0.2, -0.15) is 0 Å². The Bertz CT molecular complexity index is 845. The van der Waals surface area contributed by atoms with Gasteiger partial charge in [0.25, 0.3) is 0 Å². The predicted molar refractivity (Wildman–Crippen MR) is 114 cm³/mol. The number of hydrogen-bond acceptors (Lipinski definition) is 4. The third-order valence-electron chi connectivity index (χ3n) is 5.03. The number of hydrogen-bond donors (Lipinski definition) is 1. The van der Waals surface area contributed by atoms with Crippen LogP contribution < -0.4 is 10.2 Å². The molecule has 3 rings (SSSR count). The number of imidazole rings is 1. The van der Waals surface area contributed by atoms with Crippen LogP contribution in [0.3, 0.4) is 0 Å². The topological polar surface area (TPSA) is 67.2 Å². The van der Waals surface area contributed by atoms with Gasteiger partial charge in [0.1, 0.15) is 0 Å². The molecule has 28 heavy (non-hydrogen) atoms. The Morgan fingerprint density at radius 1 is 1.25 bits per heavy atom. The second-order valence-electron chi connectivity index (χ2n) is 7.10. The number of nitrogens with one attached hydrogen (secondary N) is 1. The highest BCUT2D eigenvalue weighted by molar-refractivity contribution is 7.99. The lowest BCUT2D eigenvalue weighted by Gasteiger charge is -2.16. The van der Waals surface area contributed by atoms with E-state index in [9.17, 15) is 9.59 Å². The van der Waals surface area contributed by atoms with E-state index in [0.717, 1.165) is 54.6 Å². The highest BCUT2D eigenvalue weighted by Crippen LogP contribution is 2.24. The van der Waals surface area contributed by atoms with Gasteiger partial charge in [-0.05, 0) is 51.0 Å². The van der Waals surface area contributed by atoms with Crippen molar-refractivity contribution >= 4 is 35.0 Å². The summed E-state index contributed by atoms with van der Waals surface area (Å²) in [6.45, 7) is 7.96. The Labute approximate surface area is 170 Å². The number of thioether (sulfide) groups is 1. The first kappa shape index (κ1) is 20.5. The van der Waals surface area contributed by atoms with Crippen LogP contribution in [0.1, 0.15) is 44.0 Å². The first-order chi connectivity index (χ1) is 13.5. The normalized spacial score (nSPS) is 14.0. The number of benzene rings is 1. The SMILES string of the molecule is CCCCn1c(SCC(=O)Nc2ccc(N3CCCC3=O)cc2)nc(C)c1C. The zero-order valence-corrected chi connectivity index (χ0v) is 17.6. The summed E-state index contributed by atoms with van der Waals surface area (Å²) >= 11 is 1.47. The fourth-order valence-corrected chi connectivity index (χ4v) is 4.20. The summed E-state index contributed by atoms with van der Waals surface area (Å²) in [7, 11) is 0. The fourth-order valence-electron chi connectivity index (χ4n) is 3.29. The average Bonchev–Trinajstić information content (AvgIpc) is 3.22.